The van der Waals surface area contributed by atoms with E-state index in [0.717, 1.165) is 11.1 Å². The molecule has 0 aromatic heterocycles. The van der Waals surface area contributed by atoms with Crippen molar-refractivity contribution in [3.8, 4) is 5.75 Å². The highest BCUT2D eigenvalue weighted by molar-refractivity contribution is 5.31. The molecule has 1 N–H and O–H groups in total. The molecule has 1 saturated heterocycles. The first kappa shape index (κ1) is 24.4. The van der Waals surface area contributed by atoms with E-state index in [-0.39, 0.29) is 18.2 Å². The zero-order chi connectivity index (χ0) is 24.0. The van der Waals surface area contributed by atoms with Gasteiger partial charge in [0.1, 0.15) is 24.3 Å². The van der Waals surface area contributed by atoms with E-state index in [9.17, 15) is 9.50 Å². The quantitative estimate of drug-likeness (QED) is 0.452. The number of hydrogen-bond donors (Lipinski definition) is 1. The maximum atomic E-state index is 14.7. The Balaban J connectivity index is 1.44. The number of aliphatic hydroxyl groups is 1. The van der Waals surface area contributed by atoms with Gasteiger partial charge in [0.2, 0.25) is 0 Å². The van der Waals surface area contributed by atoms with Gasteiger partial charge in [-0.25, -0.2) is 4.39 Å². The standard InChI is InChI=1S/C28H32FNO4/c1-28(2)33-20-24(34-28)19-32-23-13-14-26(29)25(15-23)27(31)18-30(16-21-9-5-3-6-10-21)17-22-11-7-4-8-12-22/h3-15,24,27,31H,16-20H2,1-2H3/t24?,27-/m1/s1. The van der Waals surface area contributed by atoms with Gasteiger partial charge in [0.15, 0.2) is 5.79 Å². The summed E-state index contributed by atoms with van der Waals surface area (Å²) in [4.78, 5) is 2.12. The molecule has 6 heteroatoms. The van der Waals surface area contributed by atoms with Crippen molar-refractivity contribution in [2.45, 2.75) is 44.9 Å². The summed E-state index contributed by atoms with van der Waals surface area (Å²) in [5, 5.41) is 11.0. The third-order valence-electron chi connectivity index (χ3n) is 5.76. The van der Waals surface area contributed by atoms with E-state index < -0.39 is 17.7 Å². The molecule has 1 unspecified atom stereocenters. The molecule has 1 aliphatic rings. The van der Waals surface area contributed by atoms with E-state index in [4.69, 9.17) is 14.2 Å². The fourth-order valence-electron chi connectivity index (χ4n) is 4.11. The highest BCUT2D eigenvalue weighted by atomic mass is 19.1. The van der Waals surface area contributed by atoms with Gasteiger partial charge >= 0.3 is 0 Å². The molecule has 4 rings (SSSR count). The van der Waals surface area contributed by atoms with E-state index in [1.165, 1.54) is 6.07 Å². The molecule has 5 nitrogen and oxygen atoms in total. The van der Waals surface area contributed by atoms with Gasteiger partial charge in [0.05, 0.1) is 12.7 Å². The minimum Gasteiger partial charge on any atom is -0.491 e. The van der Waals surface area contributed by atoms with Crippen LogP contribution >= 0.6 is 0 Å². The van der Waals surface area contributed by atoms with Crippen LogP contribution in [0.1, 0.15) is 36.6 Å². The Labute approximate surface area is 200 Å². The molecule has 0 spiro atoms. The molecule has 2 atom stereocenters. The molecule has 3 aromatic rings. The SMILES string of the molecule is CC1(C)OCC(COc2ccc(F)c([C@H](O)CN(Cc3ccccc3)Cc3ccccc3)c2)O1. The number of halogens is 1. The summed E-state index contributed by atoms with van der Waals surface area (Å²) in [6.07, 6.45) is -1.21. The summed E-state index contributed by atoms with van der Waals surface area (Å²) in [5.41, 5.74) is 2.47. The Kier molecular flexibility index (Phi) is 7.95. The first-order valence-electron chi connectivity index (χ1n) is 11.6. The number of rotatable bonds is 10. The van der Waals surface area contributed by atoms with Crippen molar-refractivity contribution in [1.82, 2.24) is 4.90 Å². The lowest BCUT2D eigenvalue weighted by atomic mass is 10.1. The van der Waals surface area contributed by atoms with Gasteiger partial charge in [-0.05, 0) is 43.2 Å². The molecule has 1 fully saturated rings. The van der Waals surface area contributed by atoms with Crippen LogP contribution in [0.25, 0.3) is 0 Å². The number of nitrogens with zero attached hydrogens (tertiary/aromatic N) is 1. The van der Waals surface area contributed by atoms with Gasteiger partial charge in [-0.15, -0.1) is 0 Å². The fraction of sp³-hybridized carbons (Fsp3) is 0.357. The predicted molar refractivity (Wildman–Crippen MR) is 129 cm³/mol. The highest BCUT2D eigenvalue weighted by Gasteiger charge is 2.33. The summed E-state index contributed by atoms with van der Waals surface area (Å²) in [5.74, 6) is -0.596. The van der Waals surface area contributed by atoms with Gasteiger partial charge in [0.25, 0.3) is 0 Å². The summed E-state index contributed by atoms with van der Waals surface area (Å²) >= 11 is 0. The number of hydrogen-bond acceptors (Lipinski definition) is 5. The lowest BCUT2D eigenvalue weighted by molar-refractivity contribution is -0.141. The molecule has 0 radical (unpaired) electrons. The zero-order valence-corrected chi connectivity index (χ0v) is 19.7. The van der Waals surface area contributed by atoms with E-state index in [1.807, 2.05) is 50.2 Å². The second-order valence-electron chi connectivity index (χ2n) is 9.10. The van der Waals surface area contributed by atoms with Crippen LogP contribution in [-0.2, 0) is 22.6 Å². The van der Waals surface area contributed by atoms with Crippen LogP contribution in [0.4, 0.5) is 4.39 Å². The first-order valence-corrected chi connectivity index (χ1v) is 11.6. The summed E-state index contributed by atoms with van der Waals surface area (Å²) in [6.45, 7) is 6.00. The Hall–Kier alpha value is -2.77. The maximum absolute atomic E-state index is 14.7. The molecule has 3 aromatic carbocycles. The fourth-order valence-corrected chi connectivity index (χ4v) is 4.11. The van der Waals surface area contributed by atoms with Crippen molar-refractivity contribution >= 4 is 0 Å². The molecule has 180 valence electrons. The lowest BCUT2D eigenvalue weighted by Crippen LogP contribution is -2.28. The van der Waals surface area contributed by atoms with Gasteiger partial charge in [-0.1, -0.05) is 60.7 Å². The van der Waals surface area contributed by atoms with E-state index >= 15 is 0 Å². The van der Waals surface area contributed by atoms with Crippen molar-refractivity contribution < 1.29 is 23.7 Å². The van der Waals surface area contributed by atoms with Crippen LogP contribution in [0.5, 0.6) is 5.75 Å². The van der Waals surface area contributed by atoms with Crippen molar-refractivity contribution in [3.63, 3.8) is 0 Å². The predicted octanol–water partition coefficient (Wildman–Crippen LogP) is 5.09. The lowest BCUT2D eigenvalue weighted by Gasteiger charge is -2.26. The van der Waals surface area contributed by atoms with Crippen LogP contribution in [0.2, 0.25) is 0 Å². The summed E-state index contributed by atoms with van der Waals surface area (Å²) in [7, 11) is 0. The Morgan fingerprint density at radius 3 is 2.18 bits per heavy atom. The van der Waals surface area contributed by atoms with Crippen molar-refractivity contribution in [2.75, 3.05) is 19.8 Å². The minimum absolute atomic E-state index is 0.194. The zero-order valence-electron chi connectivity index (χ0n) is 19.7. The smallest absolute Gasteiger partial charge is 0.163 e. The third kappa shape index (κ3) is 6.87. The van der Waals surface area contributed by atoms with Gasteiger partial charge in [-0.2, -0.15) is 0 Å². The maximum Gasteiger partial charge on any atom is 0.163 e. The van der Waals surface area contributed by atoms with Crippen molar-refractivity contribution in [2.24, 2.45) is 0 Å². The largest absolute Gasteiger partial charge is 0.491 e. The Morgan fingerprint density at radius 1 is 1.00 bits per heavy atom. The number of aliphatic hydroxyl groups excluding tert-OH is 1. The number of benzene rings is 3. The minimum atomic E-state index is -1.01. The van der Waals surface area contributed by atoms with E-state index in [0.29, 0.717) is 32.1 Å². The Bertz CT molecular complexity index is 1000. The summed E-state index contributed by atoms with van der Waals surface area (Å²) in [6, 6.07) is 24.6. The second kappa shape index (κ2) is 11.1. The van der Waals surface area contributed by atoms with Gasteiger partial charge in [0, 0.05) is 25.2 Å². The van der Waals surface area contributed by atoms with Crippen LogP contribution in [-0.4, -0.2) is 41.7 Å². The molecule has 0 aliphatic carbocycles. The molecule has 34 heavy (non-hydrogen) atoms. The van der Waals surface area contributed by atoms with Crippen LogP contribution in [0, 0.1) is 5.82 Å². The van der Waals surface area contributed by atoms with Gasteiger partial charge in [-0.3, -0.25) is 4.90 Å². The molecule has 0 amide bonds. The first-order chi connectivity index (χ1) is 16.4. The normalized spacial score (nSPS) is 18.2. The van der Waals surface area contributed by atoms with Crippen molar-refractivity contribution in [1.29, 1.82) is 0 Å². The molecule has 0 bridgehead atoms. The monoisotopic (exact) mass is 465 g/mol. The second-order valence-corrected chi connectivity index (χ2v) is 9.10. The highest BCUT2D eigenvalue weighted by Crippen LogP contribution is 2.27. The van der Waals surface area contributed by atoms with Crippen LogP contribution in [0.3, 0.4) is 0 Å². The molecular formula is C28H32FNO4. The third-order valence-corrected chi connectivity index (χ3v) is 5.76. The van der Waals surface area contributed by atoms with Crippen molar-refractivity contribution in [3.05, 3.63) is 101 Å². The van der Waals surface area contributed by atoms with Crippen LogP contribution < -0.4 is 4.74 Å². The molecule has 1 aliphatic heterocycles. The topological polar surface area (TPSA) is 51.2 Å². The average Bonchev–Trinajstić information content (AvgIpc) is 3.18. The Morgan fingerprint density at radius 2 is 1.62 bits per heavy atom. The molecule has 0 saturated carbocycles. The van der Waals surface area contributed by atoms with Crippen LogP contribution in [0.15, 0.2) is 78.9 Å². The van der Waals surface area contributed by atoms with Gasteiger partial charge < -0.3 is 19.3 Å². The number of ether oxygens (including phenoxy) is 3. The summed E-state index contributed by atoms with van der Waals surface area (Å²) < 4.78 is 31.8. The average molecular weight is 466 g/mol. The molecule has 1 heterocycles. The molecular weight excluding hydrogens is 433 g/mol. The van der Waals surface area contributed by atoms with E-state index in [2.05, 4.69) is 29.2 Å². The van der Waals surface area contributed by atoms with E-state index in [1.54, 1.807) is 12.1 Å².